The molecule has 0 atom stereocenters. The lowest BCUT2D eigenvalue weighted by Gasteiger charge is -2.27. The van der Waals surface area contributed by atoms with Crippen molar-refractivity contribution in [3.8, 4) is 5.69 Å². The van der Waals surface area contributed by atoms with Crippen molar-refractivity contribution in [3.05, 3.63) is 233 Å². The summed E-state index contributed by atoms with van der Waals surface area (Å²) in [4.78, 5) is 4.77. The Balaban J connectivity index is 1.00. The van der Waals surface area contributed by atoms with Crippen LogP contribution < -0.4 is 9.80 Å². The van der Waals surface area contributed by atoms with E-state index in [0.717, 1.165) is 116 Å². The summed E-state index contributed by atoms with van der Waals surface area (Å²) in [6.07, 6.45) is 0. The Morgan fingerprint density at radius 3 is 0.987 bits per heavy atom. The number of anilines is 6. The maximum absolute atomic E-state index is 7.29. The van der Waals surface area contributed by atoms with Crippen molar-refractivity contribution in [2.24, 2.45) is 0 Å². The van der Waals surface area contributed by atoms with E-state index in [1.165, 1.54) is 55.3 Å². The minimum Gasteiger partial charge on any atom is -0.454 e. The fourth-order valence-corrected chi connectivity index (χ4v) is 12.4. The molecule has 11 aromatic carbocycles. The van der Waals surface area contributed by atoms with Gasteiger partial charge in [-0.05, 0) is 237 Å². The van der Waals surface area contributed by atoms with Crippen LogP contribution in [0.2, 0.25) is 0 Å². The first-order chi connectivity index (χ1) is 36.4. The van der Waals surface area contributed by atoms with Gasteiger partial charge in [0, 0.05) is 66.4 Å². The summed E-state index contributed by atoms with van der Waals surface area (Å²) < 4.78 is 16.9. The zero-order chi connectivity index (χ0) is 51.0. The van der Waals surface area contributed by atoms with Gasteiger partial charge in [0.15, 0.2) is 11.2 Å². The molecule has 5 heteroatoms. The topological polar surface area (TPSA) is 37.7 Å². The molecule has 0 saturated carbocycles. The molecule has 3 aromatic heterocycles. The van der Waals surface area contributed by atoms with Crippen LogP contribution in [0, 0.1) is 55.4 Å². The van der Waals surface area contributed by atoms with E-state index < -0.39 is 0 Å². The van der Waals surface area contributed by atoms with Crippen molar-refractivity contribution in [2.75, 3.05) is 9.80 Å². The Morgan fingerprint density at radius 2 is 0.627 bits per heavy atom. The van der Waals surface area contributed by atoms with Crippen molar-refractivity contribution in [1.82, 2.24) is 4.57 Å². The highest BCUT2D eigenvalue weighted by Crippen LogP contribution is 2.48. The molecule has 75 heavy (non-hydrogen) atoms. The third-order valence-corrected chi connectivity index (χ3v) is 15.2. The van der Waals surface area contributed by atoms with E-state index in [-0.39, 0.29) is 0 Å². The number of aromatic nitrogens is 1. The summed E-state index contributed by atoms with van der Waals surface area (Å²) in [5.41, 5.74) is 22.9. The second-order valence-electron chi connectivity index (χ2n) is 21.4. The summed E-state index contributed by atoms with van der Waals surface area (Å²) in [6, 6.07) is 69.6. The van der Waals surface area contributed by atoms with Gasteiger partial charge >= 0.3 is 0 Å². The lowest BCUT2D eigenvalue weighted by atomic mass is 10.0. The third-order valence-electron chi connectivity index (χ3n) is 15.2. The average molecular weight is 970 g/mol. The van der Waals surface area contributed by atoms with E-state index in [1.54, 1.807) is 0 Å². The number of benzene rings is 11. The van der Waals surface area contributed by atoms with Crippen molar-refractivity contribution in [3.63, 3.8) is 0 Å². The van der Waals surface area contributed by atoms with Crippen LogP contribution in [0.25, 0.3) is 92.9 Å². The van der Waals surface area contributed by atoms with Crippen LogP contribution in [-0.4, -0.2) is 4.57 Å². The zero-order valence-corrected chi connectivity index (χ0v) is 43.6. The van der Waals surface area contributed by atoms with Crippen LogP contribution in [-0.2, 0) is 0 Å². The van der Waals surface area contributed by atoms with Crippen LogP contribution in [0.1, 0.15) is 44.5 Å². The van der Waals surface area contributed by atoms with Crippen molar-refractivity contribution >= 4 is 121 Å². The van der Waals surface area contributed by atoms with E-state index >= 15 is 0 Å². The molecule has 0 aliphatic rings. The number of furan rings is 2. The standard InChI is InChI=1S/C70H55N3O2/c1-40-21-41(2)26-54(25-40)71(55-27-42(3)22-43(4)28-55)52-19-17-48-35-60-62-39-63-61-36-49-18-20-53(72(56-29-44(5)23-45(6)30-56)57-31-46(7)24-47(8)32-57)34-51(49)38-67(61)75-70(63)68(69(62)74-66(60)37-50(48)33-52)73-64-15-11-9-13-58(64)59-14-10-12-16-65(59)73/h9-39H,1-8H3. The molecule has 0 fully saturated rings. The molecule has 14 aromatic rings. The molecule has 5 nitrogen and oxygen atoms in total. The van der Waals surface area contributed by atoms with Gasteiger partial charge in [-0.3, -0.25) is 0 Å². The minimum absolute atomic E-state index is 0.787. The zero-order valence-electron chi connectivity index (χ0n) is 43.6. The molecule has 0 aliphatic heterocycles. The highest BCUT2D eigenvalue weighted by molar-refractivity contribution is 6.23. The van der Waals surface area contributed by atoms with E-state index in [9.17, 15) is 0 Å². The van der Waals surface area contributed by atoms with Crippen LogP contribution in [0.5, 0.6) is 0 Å². The first kappa shape index (κ1) is 44.6. The quantitative estimate of drug-likeness (QED) is 0.159. The number of aryl methyl sites for hydroxylation is 8. The molecule has 0 bridgehead atoms. The lowest BCUT2D eigenvalue weighted by Crippen LogP contribution is -2.11. The first-order valence-electron chi connectivity index (χ1n) is 26.0. The van der Waals surface area contributed by atoms with Gasteiger partial charge in [0.1, 0.15) is 16.9 Å². The molecular weight excluding hydrogens is 915 g/mol. The maximum Gasteiger partial charge on any atom is 0.163 e. The summed E-state index contributed by atoms with van der Waals surface area (Å²) in [5.74, 6) is 0. The summed E-state index contributed by atoms with van der Waals surface area (Å²) in [7, 11) is 0. The highest BCUT2D eigenvalue weighted by Gasteiger charge is 2.26. The smallest absolute Gasteiger partial charge is 0.163 e. The Labute approximate surface area is 436 Å². The molecule has 0 amide bonds. The number of hydrogen-bond donors (Lipinski definition) is 0. The molecule has 0 aliphatic carbocycles. The predicted octanol–water partition coefficient (Wildman–Crippen LogP) is 20.3. The second-order valence-corrected chi connectivity index (χ2v) is 21.4. The van der Waals surface area contributed by atoms with E-state index in [4.69, 9.17) is 8.83 Å². The normalized spacial score (nSPS) is 12.0. The van der Waals surface area contributed by atoms with Gasteiger partial charge in [-0.2, -0.15) is 0 Å². The Morgan fingerprint density at radius 1 is 0.280 bits per heavy atom. The fourth-order valence-electron chi connectivity index (χ4n) is 12.4. The van der Waals surface area contributed by atoms with Gasteiger partial charge in [0.05, 0.1) is 11.0 Å². The van der Waals surface area contributed by atoms with Crippen LogP contribution in [0.4, 0.5) is 34.1 Å². The highest BCUT2D eigenvalue weighted by atomic mass is 16.3. The monoisotopic (exact) mass is 969 g/mol. The van der Waals surface area contributed by atoms with E-state index in [1.807, 2.05) is 0 Å². The number of rotatable bonds is 7. The largest absolute Gasteiger partial charge is 0.454 e. The van der Waals surface area contributed by atoms with Gasteiger partial charge in [0.25, 0.3) is 0 Å². The molecule has 0 radical (unpaired) electrons. The molecule has 0 spiro atoms. The molecule has 0 unspecified atom stereocenters. The SMILES string of the molecule is Cc1cc(C)cc(N(c2cc(C)cc(C)c2)c2ccc3cc4c(cc3c2)oc2c(-n3c5ccccc5c5ccccc53)c3oc5cc6cc(N(c7cc(C)cc(C)c7)c7cc(C)cc(C)c7)ccc6cc5c3cc24)c1. The van der Waals surface area contributed by atoms with Crippen LogP contribution in [0.3, 0.4) is 0 Å². The van der Waals surface area contributed by atoms with Crippen LogP contribution in [0.15, 0.2) is 197 Å². The van der Waals surface area contributed by atoms with E-state index in [2.05, 4.69) is 258 Å². The number of hydrogen-bond acceptors (Lipinski definition) is 4. The number of para-hydroxylation sites is 2. The first-order valence-corrected chi connectivity index (χ1v) is 26.0. The van der Waals surface area contributed by atoms with Crippen LogP contribution >= 0.6 is 0 Å². The summed E-state index contributed by atoms with van der Waals surface area (Å²) in [6.45, 7) is 17.4. The van der Waals surface area contributed by atoms with Crippen molar-refractivity contribution < 1.29 is 8.83 Å². The van der Waals surface area contributed by atoms with Crippen molar-refractivity contribution in [1.29, 1.82) is 0 Å². The Bertz CT molecular complexity index is 4240. The molecule has 0 saturated heterocycles. The predicted molar refractivity (Wildman–Crippen MR) is 318 cm³/mol. The molecular formula is C70H55N3O2. The number of fused-ring (bicyclic) bond motifs is 11. The van der Waals surface area contributed by atoms with Gasteiger partial charge in [-0.25, -0.2) is 0 Å². The molecule has 14 rings (SSSR count). The fraction of sp³-hybridized carbons (Fsp3) is 0.114. The molecule has 362 valence electrons. The van der Waals surface area contributed by atoms with Gasteiger partial charge < -0.3 is 23.2 Å². The third kappa shape index (κ3) is 7.36. The van der Waals surface area contributed by atoms with Gasteiger partial charge in [0.2, 0.25) is 0 Å². The van der Waals surface area contributed by atoms with E-state index in [0.29, 0.717) is 0 Å². The summed E-state index contributed by atoms with van der Waals surface area (Å²) in [5, 5.41) is 11.1. The molecule has 0 N–H and O–H groups in total. The minimum atomic E-state index is 0.787. The Kier molecular flexibility index (Phi) is 9.96. The van der Waals surface area contributed by atoms with Gasteiger partial charge in [-0.15, -0.1) is 0 Å². The van der Waals surface area contributed by atoms with Gasteiger partial charge in [-0.1, -0.05) is 72.8 Å². The Hall–Kier alpha value is -9.06. The second kappa shape index (κ2) is 16.7. The molecule has 3 heterocycles. The lowest BCUT2D eigenvalue weighted by molar-refractivity contribution is 0.652. The maximum atomic E-state index is 7.29. The van der Waals surface area contributed by atoms with Crippen molar-refractivity contribution in [2.45, 2.75) is 55.4 Å². The summed E-state index contributed by atoms with van der Waals surface area (Å²) >= 11 is 0. The number of nitrogens with zero attached hydrogens (tertiary/aromatic N) is 3. The average Bonchev–Trinajstić information content (AvgIpc) is 4.09.